The number of nitrogens with zero attached hydrogens (tertiary/aromatic N) is 1. The van der Waals surface area contributed by atoms with Gasteiger partial charge in [0.25, 0.3) is 11.5 Å². The Morgan fingerprint density at radius 1 is 1.10 bits per heavy atom. The number of rotatable bonds is 7. The number of thiophene rings is 1. The first-order valence-electron chi connectivity index (χ1n) is 9.90. The molecule has 0 spiro atoms. The van der Waals surface area contributed by atoms with E-state index in [4.69, 9.17) is 16.3 Å². The number of carbonyl (C=O) groups is 1. The fourth-order valence-corrected chi connectivity index (χ4v) is 4.34. The van der Waals surface area contributed by atoms with Crippen LogP contribution in [0.4, 0.5) is 0 Å². The maximum absolute atomic E-state index is 13.3. The highest BCUT2D eigenvalue weighted by molar-refractivity contribution is 7.09. The minimum atomic E-state index is -0.222. The molecule has 2 heterocycles. The lowest BCUT2D eigenvalue weighted by atomic mass is 10.1. The van der Waals surface area contributed by atoms with Crippen molar-refractivity contribution in [2.75, 3.05) is 6.61 Å². The van der Waals surface area contributed by atoms with Gasteiger partial charge in [0.15, 0.2) is 0 Å². The summed E-state index contributed by atoms with van der Waals surface area (Å²) in [5, 5.41) is 3.20. The van der Waals surface area contributed by atoms with Gasteiger partial charge in [0.1, 0.15) is 5.75 Å². The summed E-state index contributed by atoms with van der Waals surface area (Å²) in [6.45, 7) is 3.03. The van der Waals surface area contributed by atoms with Crippen molar-refractivity contribution >= 4 is 39.7 Å². The Morgan fingerprint density at radius 3 is 2.68 bits per heavy atom. The minimum absolute atomic E-state index is 0.159. The van der Waals surface area contributed by atoms with Crippen molar-refractivity contribution in [2.24, 2.45) is 0 Å². The van der Waals surface area contributed by atoms with Crippen molar-refractivity contribution < 1.29 is 9.53 Å². The number of hydrogen-bond acceptors (Lipinski definition) is 4. The molecule has 7 heteroatoms. The molecule has 0 aliphatic carbocycles. The van der Waals surface area contributed by atoms with E-state index in [1.807, 2.05) is 48.7 Å². The zero-order chi connectivity index (χ0) is 21.8. The van der Waals surface area contributed by atoms with Crippen LogP contribution in [0.25, 0.3) is 10.9 Å². The highest BCUT2D eigenvalue weighted by atomic mass is 35.5. The van der Waals surface area contributed by atoms with Gasteiger partial charge in [-0.3, -0.25) is 9.59 Å². The number of ether oxygens (including phenoxy) is 1. The third-order valence-corrected chi connectivity index (χ3v) is 6.07. The van der Waals surface area contributed by atoms with E-state index < -0.39 is 0 Å². The van der Waals surface area contributed by atoms with Gasteiger partial charge in [-0.2, -0.15) is 0 Å². The van der Waals surface area contributed by atoms with Gasteiger partial charge in [-0.15, -0.1) is 11.3 Å². The molecule has 0 fully saturated rings. The number of nitrogens with one attached hydrogen (secondary N) is 1. The van der Waals surface area contributed by atoms with E-state index in [0.29, 0.717) is 29.3 Å². The summed E-state index contributed by atoms with van der Waals surface area (Å²) in [6, 6.07) is 18.2. The topological polar surface area (TPSA) is 62.4 Å². The SMILES string of the molecule is CCOc1ccc2[nH]c(=O)c(CN(Cc3cccs3)C(=O)c3ccccc3Cl)cc2c1. The number of aromatic nitrogens is 1. The molecule has 0 radical (unpaired) electrons. The molecule has 0 saturated heterocycles. The number of pyridine rings is 1. The van der Waals surface area contributed by atoms with Gasteiger partial charge in [0.05, 0.1) is 30.3 Å². The van der Waals surface area contributed by atoms with Gasteiger partial charge in [-0.25, -0.2) is 0 Å². The first-order valence-corrected chi connectivity index (χ1v) is 11.2. The molecule has 2 aromatic carbocycles. The molecule has 4 rings (SSSR count). The Morgan fingerprint density at radius 2 is 1.94 bits per heavy atom. The van der Waals surface area contributed by atoms with Crippen molar-refractivity contribution in [3.05, 3.63) is 97.4 Å². The molecular formula is C24H21ClN2O3S. The number of amides is 1. The summed E-state index contributed by atoms with van der Waals surface area (Å²) in [5.74, 6) is 0.511. The van der Waals surface area contributed by atoms with Crippen LogP contribution in [0.2, 0.25) is 5.02 Å². The smallest absolute Gasteiger partial charge is 0.255 e. The van der Waals surface area contributed by atoms with E-state index in [1.54, 1.807) is 40.5 Å². The number of H-pyrrole nitrogens is 1. The standard InChI is InChI=1S/C24H21ClN2O3S/c1-2-30-18-9-10-22-16(13-18)12-17(23(28)26-22)14-27(15-19-6-5-11-31-19)24(29)20-7-3-4-8-21(20)25/h3-13H,2,14-15H2,1H3,(H,26,28). The van der Waals surface area contributed by atoms with E-state index in [1.165, 1.54) is 0 Å². The first-order chi connectivity index (χ1) is 15.0. The molecule has 0 saturated carbocycles. The predicted molar refractivity (Wildman–Crippen MR) is 125 cm³/mol. The predicted octanol–water partition coefficient (Wildman–Crippen LogP) is 5.48. The zero-order valence-electron chi connectivity index (χ0n) is 16.9. The highest BCUT2D eigenvalue weighted by Gasteiger charge is 2.21. The average molecular weight is 453 g/mol. The van der Waals surface area contributed by atoms with Crippen molar-refractivity contribution in [1.82, 2.24) is 9.88 Å². The monoisotopic (exact) mass is 452 g/mol. The van der Waals surface area contributed by atoms with Crippen LogP contribution in [0.5, 0.6) is 5.75 Å². The van der Waals surface area contributed by atoms with Crippen molar-refractivity contribution in [1.29, 1.82) is 0 Å². The van der Waals surface area contributed by atoms with Gasteiger partial charge in [0, 0.05) is 21.3 Å². The Labute approximate surface area is 188 Å². The number of aromatic amines is 1. The van der Waals surface area contributed by atoms with Crippen LogP contribution in [0.3, 0.4) is 0 Å². The Balaban J connectivity index is 1.71. The van der Waals surface area contributed by atoms with Gasteiger partial charge in [-0.05, 0) is 54.8 Å². The Kier molecular flexibility index (Phi) is 6.39. The number of hydrogen-bond donors (Lipinski definition) is 1. The Bertz CT molecular complexity index is 1270. The quantitative estimate of drug-likeness (QED) is 0.403. The molecule has 0 atom stereocenters. The lowest BCUT2D eigenvalue weighted by Crippen LogP contribution is -2.32. The normalized spacial score (nSPS) is 10.9. The summed E-state index contributed by atoms with van der Waals surface area (Å²) in [4.78, 5) is 31.7. The highest BCUT2D eigenvalue weighted by Crippen LogP contribution is 2.23. The summed E-state index contributed by atoms with van der Waals surface area (Å²) < 4.78 is 5.57. The summed E-state index contributed by atoms with van der Waals surface area (Å²) in [6.07, 6.45) is 0. The number of benzene rings is 2. The zero-order valence-corrected chi connectivity index (χ0v) is 18.5. The molecule has 31 heavy (non-hydrogen) atoms. The molecule has 1 amide bonds. The van der Waals surface area contributed by atoms with Crippen LogP contribution in [0.15, 0.2) is 70.8 Å². The van der Waals surface area contributed by atoms with E-state index in [0.717, 1.165) is 21.5 Å². The van der Waals surface area contributed by atoms with E-state index >= 15 is 0 Å². The maximum atomic E-state index is 13.3. The summed E-state index contributed by atoms with van der Waals surface area (Å²) in [5.41, 5.74) is 1.41. The van der Waals surface area contributed by atoms with Crippen LogP contribution in [-0.4, -0.2) is 22.4 Å². The number of halogens is 1. The second-order valence-electron chi connectivity index (χ2n) is 7.03. The van der Waals surface area contributed by atoms with Crippen molar-refractivity contribution in [2.45, 2.75) is 20.0 Å². The van der Waals surface area contributed by atoms with Crippen molar-refractivity contribution in [3.63, 3.8) is 0 Å². The molecule has 1 N–H and O–H groups in total. The summed E-state index contributed by atoms with van der Waals surface area (Å²) in [7, 11) is 0. The molecule has 4 aromatic rings. The molecule has 0 unspecified atom stereocenters. The van der Waals surface area contributed by atoms with Gasteiger partial charge in [0.2, 0.25) is 0 Å². The Hall–Kier alpha value is -3.09. The fraction of sp³-hybridized carbons (Fsp3) is 0.167. The second kappa shape index (κ2) is 9.37. The number of carbonyl (C=O) groups excluding carboxylic acids is 1. The maximum Gasteiger partial charge on any atom is 0.255 e. The molecule has 0 bridgehead atoms. The van der Waals surface area contributed by atoms with E-state index in [9.17, 15) is 9.59 Å². The van der Waals surface area contributed by atoms with Crippen LogP contribution < -0.4 is 10.3 Å². The second-order valence-corrected chi connectivity index (χ2v) is 8.47. The third kappa shape index (κ3) is 4.81. The lowest BCUT2D eigenvalue weighted by Gasteiger charge is -2.23. The van der Waals surface area contributed by atoms with Gasteiger partial charge < -0.3 is 14.6 Å². The van der Waals surface area contributed by atoms with Gasteiger partial charge >= 0.3 is 0 Å². The third-order valence-electron chi connectivity index (χ3n) is 4.88. The van der Waals surface area contributed by atoms with Gasteiger partial charge in [-0.1, -0.05) is 29.8 Å². The van der Waals surface area contributed by atoms with E-state index in [2.05, 4.69) is 4.98 Å². The average Bonchev–Trinajstić information content (AvgIpc) is 3.27. The summed E-state index contributed by atoms with van der Waals surface area (Å²) >= 11 is 7.84. The van der Waals surface area contributed by atoms with Crippen LogP contribution >= 0.6 is 22.9 Å². The van der Waals surface area contributed by atoms with Crippen LogP contribution in [0.1, 0.15) is 27.7 Å². The molecular weight excluding hydrogens is 432 g/mol. The molecule has 0 aliphatic heterocycles. The fourth-order valence-electron chi connectivity index (χ4n) is 3.40. The van der Waals surface area contributed by atoms with Crippen LogP contribution in [-0.2, 0) is 13.1 Å². The van der Waals surface area contributed by atoms with Crippen molar-refractivity contribution in [3.8, 4) is 5.75 Å². The number of fused-ring (bicyclic) bond motifs is 1. The largest absolute Gasteiger partial charge is 0.494 e. The molecule has 0 aliphatic rings. The van der Waals surface area contributed by atoms with E-state index in [-0.39, 0.29) is 18.0 Å². The lowest BCUT2D eigenvalue weighted by molar-refractivity contribution is 0.0731. The first kappa shape index (κ1) is 21.2. The molecule has 2 aromatic heterocycles. The molecule has 5 nitrogen and oxygen atoms in total. The molecule has 158 valence electrons. The van der Waals surface area contributed by atoms with Crippen LogP contribution in [0, 0.1) is 0 Å². The minimum Gasteiger partial charge on any atom is -0.494 e.